The summed E-state index contributed by atoms with van der Waals surface area (Å²) in [4.78, 5) is 12.4. The van der Waals surface area contributed by atoms with Crippen LogP contribution in [0.4, 0.5) is 0 Å². The molecule has 3 rings (SSSR count). The summed E-state index contributed by atoms with van der Waals surface area (Å²) < 4.78 is 1.76. The first-order valence-electron chi connectivity index (χ1n) is 7.10. The van der Waals surface area contributed by atoms with E-state index >= 15 is 0 Å². The lowest BCUT2D eigenvalue weighted by atomic mass is 10.1. The van der Waals surface area contributed by atoms with Gasteiger partial charge in [0, 0.05) is 11.3 Å². The van der Waals surface area contributed by atoms with Gasteiger partial charge in [0.15, 0.2) is 0 Å². The molecule has 1 aromatic carbocycles. The number of fused-ring (bicyclic) bond motifs is 1. The second kappa shape index (κ2) is 5.08. The molecule has 0 atom stereocenters. The number of aryl methyl sites for hydroxylation is 2. The van der Waals surface area contributed by atoms with E-state index in [0.717, 1.165) is 30.5 Å². The quantitative estimate of drug-likeness (QED) is 0.824. The van der Waals surface area contributed by atoms with Crippen LogP contribution in [0.2, 0.25) is 0 Å². The summed E-state index contributed by atoms with van der Waals surface area (Å²) >= 11 is 0. The summed E-state index contributed by atoms with van der Waals surface area (Å²) in [6.07, 6.45) is 5.53. The molecule has 2 aromatic rings. The SMILES string of the molecule is Cc1ccc(Cn2[nH]c3c(c2=O)CCCCC3)cc1. The molecule has 0 radical (unpaired) electrons. The van der Waals surface area contributed by atoms with E-state index in [1.807, 2.05) is 0 Å². The Morgan fingerprint density at radius 2 is 1.84 bits per heavy atom. The Balaban J connectivity index is 1.89. The Morgan fingerprint density at radius 3 is 2.63 bits per heavy atom. The molecule has 0 aliphatic heterocycles. The van der Waals surface area contributed by atoms with Crippen molar-refractivity contribution >= 4 is 0 Å². The van der Waals surface area contributed by atoms with Crippen LogP contribution in [0.3, 0.4) is 0 Å². The van der Waals surface area contributed by atoms with Crippen LogP contribution < -0.4 is 5.56 Å². The third-order valence-electron chi connectivity index (χ3n) is 3.95. The van der Waals surface area contributed by atoms with Gasteiger partial charge in [-0.2, -0.15) is 0 Å². The predicted molar refractivity (Wildman–Crippen MR) is 76.6 cm³/mol. The van der Waals surface area contributed by atoms with E-state index in [1.54, 1.807) is 4.68 Å². The number of H-pyrrole nitrogens is 1. The summed E-state index contributed by atoms with van der Waals surface area (Å²) in [6, 6.07) is 8.37. The normalized spacial score (nSPS) is 15.0. The molecular weight excluding hydrogens is 236 g/mol. The van der Waals surface area contributed by atoms with E-state index in [1.165, 1.54) is 24.0 Å². The van der Waals surface area contributed by atoms with Crippen molar-refractivity contribution in [2.24, 2.45) is 0 Å². The summed E-state index contributed by atoms with van der Waals surface area (Å²) in [5, 5.41) is 3.31. The van der Waals surface area contributed by atoms with E-state index in [9.17, 15) is 4.79 Å². The van der Waals surface area contributed by atoms with Crippen molar-refractivity contribution in [1.29, 1.82) is 0 Å². The highest BCUT2D eigenvalue weighted by Gasteiger charge is 2.16. The van der Waals surface area contributed by atoms with Crippen LogP contribution in [0.25, 0.3) is 0 Å². The zero-order valence-electron chi connectivity index (χ0n) is 11.4. The van der Waals surface area contributed by atoms with Gasteiger partial charge < -0.3 is 0 Å². The molecule has 1 aromatic heterocycles. The maximum absolute atomic E-state index is 12.4. The van der Waals surface area contributed by atoms with Crippen LogP contribution in [0.15, 0.2) is 29.1 Å². The Hall–Kier alpha value is -1.77. The Bertz CT molecular complexity index is 619. The van der Waals surface area contributed by atoms with Crippen molar-refractivity contribution in [3.05, 3.63) is 57.0 Å². The minimum Gasteiger partial charge on any atom is -0.299 e. The van der Waals surface area contributed by atoms with Crippen LogP contribution in [0.5, 0.6) is 0 Å². The van der Waals surface area contributed by atoms with Crippen LogP contribution >= 0.6 is 0 Å². The first-order chi connectivity index (χ1) is 9.24. The lowest BCUT2D eigenvalue weighted by molar-refractivity contribution is 0.630. The third kappa shape index (κ3) is 2.50. The monoisotopic (exact) mass is 256 g/mol. The average molecular weight is 256 g/mol. The molecule has 0 fully saturated rings. The van der Waals surface area contributed by atoms with Crippen molar-refractivity contribution in [2.45, 2.75) is 45.6 Å². The molecule has 1 heterocycles. The van der Waals surface area contributed by atoms with Crippen molar-refractivity contribution in [2.75, 3.05) is 0 Å². The lowest BCUT2D eigenvalue weighted by Crippen LogP contribution is -2.19. The highest BCUT2D eigenvalue weighted by molar-refractivity contribution is 5.23. The van der Waals surface area contributed by atoms with E-state index in [2.05, 4.69) is 36.3 Å². The molecule has 0 bridgehead atoms. The topological polar surface area (TPSA) is 37.8 Å². The summed E-state index contributed by atoms with van der Waals surface area (Å²) in [7, 11) is 0. The molecule has 0 spiro atoms. The molecule has 3 heteroatoms. The number of rotatable bonds is 2. The van der Waals surface area contributed by atoms with Crippen molar-refractivity contribution in [3.8, 4) is 0 Å². The third-order valence-corrected chi connectivity index (χ3v) is 3.95. The van der Waals surface area contributed by atoms with Crippen molar-refractivity contribution < 1.29 is 0 Å². The summed E-state index contributed by atoms with van der Waals surface area (Å²) in [5.74, 6) is 0. The minimum atomic E-state index is 0.178. The first-order valence-corrected chi connectivity index (χ1v) is 7.10. The molecule has 0 unspecified atom stereocenters. The minimum absolute atomic E-state index is 0.178. The molecule has 1 aliphatic rings. The molecule has 0 saturated heterocycles. The van der Waals surface area contributed by atoms with E-state index in [-0.39, 0.29) is 5.56 Å². The van der Waals surface area contributed by atoms with E-state index < -0.39 is 0 Å². The smallest absolute Gasteiger partial charge is 0.270 e. The number of benzene rings is 1. The molecule has 0 amide bonds. The number of hydrogen-bond acceptors (Lipinski definition) is 1. The molecule has 1 aliphatic carbocycles. The second-order valence-electron chi connectivity index (χ2n) is 5.51. The molecule has 1 N–H and O–H groups in total. The predicted octanol–water partition coefficient (Wildman–Crippen LogP) is 2.80. The standard InChI is InChI=1S/C16H20N2O/c1-12-7-9-13(10-8-12)11-18-16(19)14-5-3-2-4-6-15(14)17-18/h7-10,17H,2-6,11H2,1H3. The number of aromatic amines is 1. The average Bonchev–Trinajstić information content (AvgIpc) is 2.60. The van der Waals surface area contributed by atoms with Crippen molar-refractivity contribution in [1.82, 2.24) is 9.78 Å². The molecular formula is C16H20N2O. The molecule has 19 heavy (non-hydrogen) atoms. The van der Waals surface area contributed by atoms with Gasteiger partial charge in [-0.05, 0) is 38.2 Å². The number of hydrogen-bond donors (Lipinski definition) is 1. The summed E-state index contributed by atoms with van der Waals surface area (Å²) in [6.45, 7) is 2.72. The second-order valence-corrected chi connectivity index (χ2v) is 5.51. The highest BCUT2D eigenvalue weighted by atomic mass is 16.1. The van der Waals surface area contributed by atoms with Crippen molar-refractivity contribution in [3.63, 3.8) is 0 Å². The fourth-order valence-electron chi connectivity index (χ4n) is 2.81. The van der Waals surface area contributed by atoms with Crippen LogP contribution in [0, 0.1) is 6.92 Å². The number of nitrogens with zero attached hydrogens (tertiary/aromatic N) is 1. The van der Waals surface area contributed by atoms with Gasteiger partial charge >= 0.3 is 0 Å². The van der Waals surface area contributed by atoms with E-state index in [0.29, 0.717) is 6.54 Å². The number of aromatic nitrogens is 2. The lowest BCUT2D eigenvalue weighted by Gasteiger charge is -2.03. The van der Waals surface area contributed by atoms with Gasteiger partial charge in [-0.1, -0.05) is 36.2 Å². The molecule has 0 saturated carbocycles. The Labute approximate surface area is 113 Å². The van der Waals surface area contributed by atoms with Crippen LogP contribution in [0.1, 0.15) is 41.6 Å². The van der Waals surface area contributed by atoms with Gasteiger partial charge in [0.2, 0.25) is 0 Å². The Kier molecular flexibility index (Phi) is 3.28. The van der Waals surface area contributed by atoms with Gasteiger partial charge in [0.25, 0.3) is 5.56 Å². The fourth-order valence-corrected chi connectivity index (χ4v) is 2.81. The van der Waals surface area contributed by atoms with E-state index in [4.69, 9.17) is 0 Å². The fraction of sp³-hybridized carbons (Fsp3) is 0.438. The van der Waals surface area contributed by atoms with Gasteiger partial charge in [0.1, 0.15) is 0 Å². The maximum atomic E-state index is 12.4. The molecule has 3 nitrogen and oxygen atoms in total. The maximum Gasteiger partial charge on any atom is 0.270 e. The molecule has 100 valence electrons. The summed E-state index contributed by atoms with van der Waals surface area (Å²) in [5.41, 5.74) is 4.78. The van der Waals surface area contributed by atoms with Crippen LogP contribution in [-0.4, -0.2) is 9.78 Å². The Morgan fingerprint density at radius 1 is 1.11 bits per heavy atom. The van der Waals surface area contributed by atoms with Gasteiger partial charge in [-0.25, -0.2) is 4.68 Å². The first kappa shape index (κ1) is 12.3. The van der Waals surface area contributed by atoms with Crippen LogP contribution in [-0.2, 0) is 19.4 Å². The van der Waals surface area contributed by atoms with Gasteiger partial charge in [-0.3, -0.25) is 9.89 Å². The van der Waals surface area contributed by atoms with Gasteiger partial charge in [0.05, 0.1) is 6.54 Å². The zero-order chi connectivity index (χ0) is 13.2. The van der Waals surface area contributed by atoms with Gasteiger partial charge in [-0.15, -0.1) is 0 Å². The zero-order valence-corrected chi connectivity index (χ0v) is 11.4. The number of nitrogens with one attached hydrogen (secondary N) is 1. The highest BCUT2D eigenvalue weighted by Crippen LogP contribution is 2.16. The largest absolute Gasteiger partial charge is 0.299 e.